The Bertz CT molecular complexity index is 1190. The van der Waals surface area contributed by atoms with Crippen molar-refractivity contribution in [3.63, 3.8) is 0 Å². The molecule has 0 N–H and O–H groups in total. The summed E-state index contributed by atoms with van der Waals surface area (Å²) in [7, 11) is 3.21. The predicted octanol–water partition coefficient (Wildman–Crippen LogP) is 4.23. The van der Waals surface area contributed by atoms with Gasteiger partial charge in [-0.1, -0.05) is 48.5 Å². The van der Waals surface area contributed by atoms with Gasteiger partial charge >= 0.3 is 0 Å². The number of fused-ring (bicyclic) bond motifs is 5. The lowest BCUT2D eigenvalue weighted by atomic mass is 9.73. The van der Waals surface area contributed by atoms with Crippen LogP contribution >= 0.6 is 0 Å². The van der Waals surface area contributed by atoms with E-state index in [4.69, 9.17) is 9.47 Å². The van der Waals surface area contributed by atoms with Crippen LogP contribution in [-0.2, 0) is 12.0 Å². The van der Waals surface area contributed by atoms with Gasteiger partial charge in [-0.3, -0.25) is 9.59 Å². The van der Waals surface area contributed by atoms with Crippen molar-refractivity contribution < 1.29 is 19.1 Å². The fourth-order valence-corrected chi connectivity index (χ4v) is 5.07. The first-order chi connectivity index (χ1) is 15.1. The first-order valence-corrected chi connectivity index (χ1v) is 10.3. The second kappa shape index (κ2) is 7.27. The lowest BCUT2D eigenvalue weighted by Crippen LogP contribution is -2.50. The summed E-state index contributed by atoms with van der Waals surface area (Å²) < 4.78 is 11.1. The van der Waals surface area contributed by atoms with Gasteiger partial charge in [-0.25, -0.2) is 0 Å². The zero-order chi connectivity index (χ0) is 21.6. The van der Waals surface area contributed by atoms with Crippen molar-refractivity contribution in [2.45, 2.75) is 18.4 Å². The molecule has 5 rings (SSSR count). The normalized spacial score (nSPS) is 18.8. The number of carbonyl (C=O) groups is 2. The van der Waals surface area contributed by atoms with Gasteiger partial charge in [-0.2, -0.15) is 0 Å². The maximum Gasteiger partial charge on any atom is 0.255 e. The number of amides is 1. The van der Waals surface area contributed by atoms with Crippen molar-refractivity contribution in [2.75, 3.05) is 20.8 Å². The van der Waals surface area contributed by atoms with Crippen LogP contribution in [0.4, 0.5) is 0 Å². The van der Waals surface area contributed by atoms with Gasteiger partial charge in [0.1, 0.15) is 5.54 Å². The Balaban J connectivity index is 1.76. The molecule has 0 saturated heterocycles. The number of ketones is 1. The number of nitrogens with zero attached hydrogens (tertiary/aromatic N) is 1. The van der Waals surface area contributed by atoms with E-state index in [1.54, 1.807) is 14.2 Å². The van der Waals surface area contributed by atoms with E-state index in [1.165, 1.54) is 0 Å². The van der Waals surface area contributed by atoms with Crippen molar-refractivity contribution in [1.82, 2.24) is 4.90 Å². The van der Waals surface area contributed by atoms with Crippen LogP contribution in [0.2, 0.25) is 0 Å². The van der Waals surface area contributed by atoms with Crippen molar-refractivity contribution >= 4 is 11.7 Å². The number of rotatable bonds is 5. The van der Waals surface area contributed by atoms with Gasteiger partial charge in [-0.15, -0.1) is 0 Å². The van der Waals surface area contributed by atoms with Gasteiger partial charge in [0.05, 0.1) is 14.2 Å². The molecule has 0 spiro atoms. The largest absolute Gasteiger partial charge is 0.493 e. The Labute approximate surface area is 181 Å². The molecule has 31 heavy (non-hydrogen) atoms. The van der Waals surface area contributed by atoms with Crippen molar-refractivity contribution in [3.8, 4) is 11.5 Å². The molecule has 1 unspecified atom stereocenters. The van der Waals surface area contributed by atoms with E-state index in [-0.39, 0.29) is 18.1 Å². The van der Waals surface area contributed by atoms with Crippen LogP contribution in [0.25, 0.3) is 0 Å². The number of methoxy groups -OCH3 is 2. The molecular weight excluding hydrogens is 390 g/mol. The SMILES string of the molecule is COc1cc2c(cc1OC)C1(CC(=O)c3ccccc3)c3ccccc3C(=O)N1CC2. The van der Waals surface area contributed by atoms with Crippen LogP contribution in [0.3, 0.4) is 0 Å². The Morgan fingerprint density at radius 1 is 0.935 bits per heavy atom. The van der Waals surface area contributed by atoms with Crippen molar-refractivity contribution in [2.24, 2.45) is 0 Å². The third kappa shape index (κ3) is 2.76. The topological polar surface area (TPSA) is 55.8 Å². The molecule has 2 heterocycles. The first-order valence-electron chi connectivity index (χ1n) is 10.3. The van der Waals surface area contributed by atoms with Gasteiger partial charge in [0.2, 0.25) is 0 Å². The molecule has 0 aromatic heterocycles. The number of carbonyl (C=O) groups excluding carboxylic acids is 2. The number of ether oxygens (including phenoxy) is 2. The summed E-state index contributed by atoms with van der Waals surface area (Å²) in [5, 5.41) is 0. The average Bonchev–Trinajstić information content (AvgIpc) is 3.07. The Kier molecular flexibility index (Phi) is 4.54. The summed E-state index contributed by atoms with van der Waals surface area (Å²) in [4.78, 5) is 28.7. The number of benzene rings is 3. The second-order valence-electron chi connectivity index (χ2n) is 7.94. The van der Waals surface area contributed by atoms with Crippen LogP contribution in [0.5, 0.6) is 11.5 Å². The van der Waals surface area contributed by atoms with Gasteiger partial charge in [0.25, 0.3) is 5.91 Å². The average molecular weight is 413 g/mol. The van der Waals surface area contributed by atoms with Gasteiger partial charge in [0, 0.05) is 24.1 Å². The lowest BCUT2D eigenvalue weighted by molar-refractivity contribution is 0.0563. The summed E-state index contributed by atoms with van der Waals surface area (Å²) in [5.74, 6) is 1.21. The van der Waals surface area contributed by atoms with Gasteiger partial charge < -0.3 is 14.4 Å². The summed E-state index contributed by atoms with van der Waals surface area (Å²) in [6.07, 6.45) is 0.860. The van der Waals surface area contributed by atoms with Crippen LogP contribution in [0.15, 0.2) is 66.7 Å². The molecule has 1 amide bonds. The molecule has 3 aromatic carbocycles. The maximum absolute atomic E-state index is 13.5. The predicted molar refractivity (Wildman–Crippen MR) is 117 cm³/mol. The van der Waals surface area contributed by atoms with Crippen LogP contribution in [0.1, 0.15) is 43.8 Å². The highest BCUT2D eigenvalue weighted by molar-refractivity contribution is 6.04. The minimum atomic E-state index is -0.867. The summed E-state index contributed by atoms with van der Waals surface area (Å²) in [6.45, 7) is 0.540. The molecule has 5 nitrogen and oxygen atoms in total. The second-order valence-corrected chi connectivity index (χ2v) is 7.94. The van der Waals surface area contributed by atoms with Crippen LogP contribution < -0.4 is 9.47 Å². The lowest BCUT2D eigenvalue weighted by Gasteiger charge is -2.44. The smallest absolute Gasteiger partial charge is 0.255 e. The Morgan fingerprint density at radius 2 is 1.61 bits per heavy atom. The van der Waals surface area contributed by atoms with E-state index >= 15 is 0 Å². The number of hydrogen-bond acceptors (Lipinski definition) is 4. The molecule has 3 aromatic rings. The van der Waals surface area contributed by atoms with Gasteiger partial charge in [-0.05, 0) is 41.3 Å². The monoisotopic (exact) mass is 413 g/mol. The quantitative estimate of drug-likeness (QED) is 0.588. The molecule has 1 atom stereocenters. The van der Waals surface area contributed by atoms with Crippen molar-refractivity contribution in [3.05, 3.63) is 94.5 Å². The molecule has 2 aliphatic rings. The van der Waals surface area contributed by atoms with Gasteiger partial charge in [0.15, 0.2) is 17.3 Å². The van der Waals surface area contributed by atoms with Crippen LogP contribution in [0, 0.1) is 0 Å². The van der Waals surface area contributed by atoms with E-state index in [0.717, 1.165) is 16.7 Å². The highest BCUT2D eigenvalue weighted by Gasteiger charge is 2.54. The van der Waals surface area contributed by atoms with E-state index in [0.29, 0.717) is 35.6 Å². The minimum Gasteiger partial charge on any atom is -0.493 e. The number of Topliss-reactive ketones (excluding diaryl/α,β-unsaturated/α-hetero) is 1. The standard InChI is InChI=1S/C26H23NO4/c1-30-23-14-18-12-13-27-25(29)19-10-6-7-11-20(19)26(27,21(18)15-24(23)31-2)16-22(28)17-8-4-3-5-9-17/h3-11,14-15H,12-13,16H2,1-2H3. The van der Waals surface area contributed by atoms with E-state index in [1.807, 2.05) is 71.6 Å². The minimum absolute atomic E-state index is 0.00209. The highest BCUT2D eigenvalue weighted by atomic mass is 16.5. The fraction of sp³-hybridized carbons (Fsp3) is 0.231. The maximum atomic E-state index is 13.5. The Morgan fingerprint density at radius 3 is 2.35 bits per heavy atom. The first kappa shape index (κ1) is 19.4. The highest BCUT2D eigenvalue weighted by Crippen LogP contribution is 2.52. The molecule has 2 aliphatic heterocycles. The fourth-order valence-electron chi connectivity index (χ4n) is 5.07. The van der Waals surface area contributed by atoms with E-state index in [9.17, 15) is 9.59 Å². The third-order valence-electron chi connectivity index (χ3n) is 6.48. The molecule has 156 valence electrons. The molecule has 0 saturated carbocycles. The molecule has 0 fully saturated rings. The molecule has 0 bridgehead atoms. The Hall–Kier alpha value is -3.60. The zero-order valence-electron chi connectivity index (χ0n) is 17.6. The molecule has 5 heteroatoms. The number of hydrogen-bond donors (Lipinski definition) is 0. The zero-order valence-corrected chi connectivity index (χ0v) is 17.6. The van der Waals surface area contributed by atoms with E-state index in [2.05, 4.69) is 0 Å². The summed E-state index contributed by atoms with van der Waals surface area (Å²) in [5.41, 5.74) is 3.30. The van der Waals surface area contributed by atoms with Crippen molar-refractivity contribution in [1.29, 1.82) is 0 Å². The molecule has 0 aliphatic carbocycles. The molecule has 0 radical (unpaired) electrons. The summed E-state index contributed by atoms with van der Waals surface area (Å²) in [6, 6.07) is 20.8. The molecular formula is C26H23NO4. The third-order valence-corrected chi connectivity index (χ3v) is 6.48. The summed E-state index contributed by atoms with van der Waals surface area (Å²) >= 11 is 0. The van der Waals surface area contributed by atoms with Crippen LogP contribution in [-0.4, -0.2) is 37.4 Å². The van der Waals surface area contributed by atoms with E-state index < -0.39 is 5.54 Å².